The number of benzene rings is 1. The molecule has 2 rings (SSSR count). The van der Waals surface area contributed by atoms with Crippen molar-refractivity contribution < 1.29 is 0 Å². The van der Waals surface area contributed by atoms with Crippen LogP contribution in [-0.2, 0) is 5.54 Å². The average molecular weight is 275 g/mol. The average Bonchev–Trinajstić information content (AvgIpc) is 2.47. The largest absolute Gasteiger partial charge is 0.320 e. The van der Waals surface area contributed by atoms with E-state index >= 15 is 0 Å². The number of piperazine rings is 1. The molecule has 1 fully saturated rings. The topological polar surface area (TPSA) is 32.5 Å². The summed E-state index contributed by atoms with van der Waals surface area (Å²) >= 11 is 0. The van der Waals surface area contributed by atoms with Crippen LogP contribution in [0.2, 0.25) is 0 Å². The Hall–Kier alpha value is -0.900. The van der Waals surface area contributed by atoms with Crippen molar-refractivity contribution in [3.63, 3.8) is 0 Å². The molecule has 1 heterocycles. The van der Waals surface area contributed by atoms with Gasteiger partial charge in [0.2, 0.25) is 0 Å². The lowest BCUT2D eigenvalue weighted by molar-refractivity contribution is 0.0661. The van der Waals surface area contributed by atoms with Crippen LogP contribution in [0.4, 0.5) is 0 Å². The molecule has 0 spiro atoms. The summed E-state index contributed by atoms with van der Waals surface area (Å²) < 4.78 is 0. The van der Waals surface area contributed by atoms with Gasteiger partial charge in [0, 0.05) is 32.2 Å². The van der Waals surface area contributed by atoms with E-state index in [0.29, 0.717) is 6.04 Å². The highest BCUT2D eigenvalue weighted by atomic mass is 15.3. The molecule has 0 bridgehead atoms. The van der Waals surface area contributed by atoms with Gasteiger partial charge in [-0.25, -0.2) is 0 Å². The third-order valence-electron chi connectivity index (χ3n) is 4.63. The number of nitrogens with zero attached hydrogens (tertiary/aromatic N) is 2. The first-order valence-corrected chi connectivity index (χ1v) is 7.82. The number of nitrogens with two attached hydrogens (primary N) is 1. The summed E-state index contributed by atoms with van der Waals surface area (Å²) in [5, 5.41) is 0. The third-order valence-corrected chi connectivity index (χ3v) is 4.63. The van der Waals surface area contributed by atoms with Crippen molar-refractivity contribution in [1.29, 1.82) is 0 Å². The van der Waals surface area contributed by atoms with Crippen LogP contribution in [0.1, 0.15) is 32.3 Å². The first-order chi connectivity index (χ1) is 9.55. The lowest BCUT2D eigenvalue weighted by Gasteiger charge is -2.45. The molecule has 1 saturated heterocycles. The second kappa shape index (κ2) is 6.70. The number of hydrogen-bond acceptors (Lipinski definition) is 3. The van der Waals surface area contributed by atoms with Gasteiger partial charge in [0.25, 0.3) is 0 Å². The van der Waals surface area contributed by atoms with Crippen molar-refractivity contribution in [2.45, 2.75) is 38.3 Å². The van der Waals surface area contributed by atoms with Crippen LogP contribution >= 0.6 is 0 Å². The van der Waals surface area contributed by atoms with Gasteiger partial charge in [0.15, 0.2) is 0 Å². The van der Waals surface area contributed by atoms with Gasteiger partial charge in [-0.05, 0) is 26.0 Å². The molecule has 1 aliphatic heterocycles. The molecule has 3 heteroatoms. The molecule has 0 radical (unpaired) electrons. The number of hydrogen-bond donors (Lipinski definition) is 1. The summed E-state index contributed by atoms with van der Waals surface area (Å²) in [6.45, 7) is 8.99. The van der Waals surface area contributed by atoms with E-state index in [0.717, 1.165) is 32.6 Å². The third kappa shape index (κ3) is 3.40. The predicted molar refractivity (Wildman–Crippen MR) is 85.7 cm³/mol. The van der Waals surface area contributed by atoms with Crippen LogP contribution in [0.5, 0.6) is 0 Å². The highest BCUT2D eigenvalue weighted by Crippen LogP contribution is 2.29. The maximum atomic E-state index is 6.78. The highest BCUT2D eigenvalue weighted by Gasteiger charge is 2.36. The zero-order chi connectivity index (χ0) is 14.6. The summed E-state index contributed by atoms with van der Waals surface area (Å²) in [6.07, 6.45) is 2.34. The lowest BCUT2D eigenvalue weighted by atomic mass is 9.82. The quantitative estimate of drug-likeness (QED) is 0.895. The first kappa shape index (κ1) is 15.5. The minimum atomic E-state index is -0.285. The molecule has 1 aromatic carbocycles. The molecule has 0 aromatic heterocycles. The first-order valence-electron chi connectivity index (χ1n) is 7.82. The summed E-state index contributed by atoms with van der Waals surface area (Å²) in [5.41, 5.74) is 7.74. The SMILES string of the molecule is CCCC(N1CCN(C)CC1)C(C)(N)c1ccccc1. The van der Waals surface area contributed by atoms with Gasteiger partial charge in [0.1, 0.15) is 0 Å². The van der Waals surface area contributed by atoms with Crippen molar-refractivity contribution in [2.24, 2.45) is 5.73 Å². The maximum Gasteiger partial charge on any atom is 0.0538 e. The Bertz CT molecular complexity index is 394. The molecule has 2 unspecified atom stereocenters. The zero-order valence-corrected chi connectivity index (χ0v) is 13.2. The molecule has 1 aliphatic rings. The molecular formula is C17H29N3. The summed E-state index contributed by atoms with van der Waals surface area (Å²) in [6, 6.07) is 11.0. The summed E-state index contributed by atoms with van der Waals surface area (Å²) in [5.74, 6) is 0. The smallest absolute Gasteiger partial charge is 0.0538 e. The fourth-order valence-corrected chi connectivity index (χ4v) is 3.26. The Morgan fingerprint density at radius 3 is 2.30 bits per heavy atom. The fourth-order valence-electron chi connectivity index (χ4n) is 3.26. The standard InChI is InChI=1S/C17H29N3/c1-4-8-16(20-13-11-19(3)12-14-20)17(2,18)15-9-6-5-7-10-15/h5-7,9-10,16H,4,8,11-14,18H2,1-3H3. The van der Waals surface area contributed by atoms with E-state index in [9.17, 15) is 0 Å². The van der Waals surface area contributed by atoms with Gasteiger partial charge >= 0.3 is 0 Å². The van der Waals surface area contributed by atoms with Crippen LogP contribution in [0.3, 0.4) is 0 Å². The van der Waals surface area contributed by atoms with Crippen molar-refractivity contribution in [1.82, 2.24) is 9.80 Å². The van der Waals surface area contributed by atoms with E-state index in [2.05, 4.69) is 61.0 Å². The Kier molecular flexibility index (Phi) is 5.19. The molecule has 20 heavy (non-hydrogen) atoms. The normalized spacial score (nSPS) is 22.4. The molecule has 2 atom stereocenters. The van der Waals surface area contributed by atoms with E-state index in [-0.39, 0.29) is 5.54 Å². The van der Waals surface area contributed by atoms with Gasteiger partial charge in [0.05, 0.1) is 5.54 Å². The predicted octanol–water partition coefficient (Wildman–Crippen LogP) is 2.28. The van der Waals surface area contributed by atoms with E-state index in [1.165, 1.54) is 12.0 Å². The molecular weight excluding hydrogens is 246 g/mol. The molecule has 0 saturated carbocycles. The second-order valence-electron chi connectivity index (χ2n) is 6.29. The van der Waals surface area contributed by atoms with Crippen LogP contribution in [0.25, 0.3) is 0 Å². The Morgan fingerprint density at radius 2 is 1.75 bits per heavy atom. The fraction of sp³-hybridized carbons (Fsp3) is 0.647. The van der Waals surface area contributed by atoms with Crippen molar-refractivity contribution in [3.05, 3.63) is 35.9 Å². The van der Waals surface area contributed by atoms with E-state index in [1.54, 1.807) is 0 Å². The molecule has 2 N–H and O–H groups in total. The van der Waals surface area contributed by atoms with Crippen LogP contribution in [-0.4, -0.2) is 49.1 Å². The molecule has 0 aliphatic carbocycles. The van der Waals surface area contributed by atoms with Crippen LogP contribution in [0, 0.1) is 0 Å². The Morgan fingerprint density at radius 1 is 1.15 bits per heavy atom. The van der Waals surface area contributed by atoms with Crippen LogP contribution < -0.4 is 5.73 Å². The highest BCUT2D eigenvalue weighted by molar-refractivity contribution is 5.25. The lowest BCUT2D eigenvalue weighted by Crippen LogP contribution is -2.58. The Balaban J connectivity index is 2.19. The number of rotatable bonds is 5. The van der Waals surface area contributed by atoms with Gasteiger partial charge in [-0.1, -0.05) is 43.7 Å². The van der Waals surface area contributed by atoms with Gasteiger partial charge in [-0.15, -0.1) is 0 Å². The van der Waals surface area contributed by atoms with Gasteiger partial charge < -0.3 is 10.6 Å². The van der Waals surface area contributed by atoms with Crippen molar-refractivity contribution in [3.8, 4) is 0 Å². The summed E-state index contributed by atoms with van der Waals surface area (Å²) in [4.78, 5) is 4.99. The monoisotopic (exact) mass is 275 g/mol. The zero-order valence-electron chi connectivity index (χ0n) is 13.2. The molecule has 3 nitrogen and oxygen atoms in total. The minimum Gasteiger partial charge on any atom is -0.320 e. The molecule has 1 aromatic rings. The number of likely N-dealkylation sites (N-methyl/N-ethyl adjacent to an activating group) is 1. The van der Waals surface area contributed by atoms with Crippen LogP contribution in [0.15, 0.2) is 30.3 Å². The van der Waals surface area contributed by atoms with Gasteiger partial charge in [-0.3, -0.25) is 4.90 Å². The van der Waals surface area contributed by atoms with E-state index in [4.69, 9.17) is 5.73 Å². The van der Waals surface area contributed by atoms with Crippen molar-refractivity contribution in [2.75, 3.05) is 33.2 Å². The minimum absolute atomic E-state index is 0.285. The second-order valence-corrected chi connectivity index (χ2v) is 6.29. The Labute approximate surface area is 123 Å². The van der Waals surface area contributed by atoms with Crippen molar-refractivity contribution >= 4 is 0 Å². The maximum absolute atomic E-state index is 6.78. The van der Waals surface area contributed by atoms with Gasteiger partial charge in [-0.2, -0.15) is 0 Å². The van der Waals surface area contributed by atoms with E-state index in [1.807, 2.05) is 0 Å². The summed E-state index contributed by atoms with van der Waals surface area (Å²) in [7, 11) is 2.20. The van der Waals surface area contributed by atoms with E-state index < -0.39 is 0 Å². The molecule has 0 amide bonds. The molecule has 112 valence electrons.